The number of nitrogens with zero attached hydrogens (tertiary/aromatic N) is 1. The zero-order chi connectivity index (χ0) is 14.5. The molecule has 1 aliphatic heterocycles. The van der Waals surface area contributed by atoms with Crippen molar-refractivity contribution in [3.8, 4) is 0 Å². The topological polar surface area (TPSA) is 38.1 Å². The second-order valence-corrected chi connectivity index (χ2v) is 6.19. The van der Waals surface area contributed by atoms with Gasteiger partial charge in [-0.25, -0.2) is 0 Å². The molecule has 1 fully saturated rings. The third-order valence-electron chi connectivity index (χ3n) is 3.68. The molecule has 0 bridgehead atoms. The van der Waals surface area contributed by atoms with Gasteiger partial charge in [0.2, 0.25) is 6.54 Å². The van der Waals surface area contributed by atoms with Crippen LogP contribution >= 0.6 is 0 Å². The first-order chi connectivity index (χ1) is 8.50. The molecule has 0 amide bonds. The summed E-state index contributed by atoms with van der Waals surface area (Å²) < 4.78 is 38.9. The summed E-state index contributed by atoms with van der Waals surface area (Å²) in [7, 11) is -0.534. The Bertz CT molecular complexity index is 453. The van der Waals surface area contributed by atoms with Crippen LogP contribution < -0.4 is 10.1 Å². The van der Waals surface area contributed by atoms with E-state index in [0.29, 0.717) is 5.46 Å². The van der Waals surface area contributed by atoms with E-state index in [4.69, 9.17) is 9.31 Å². The molecule has 0 spiro atoms. The van der Waals surface area contributed by atoms with E-state index in [0.717, 1.165) is 6.92 Å². The van der Waals surface area contributed by atoms with Crippen molar-refractivity contribution in [3.63, 3.8) is 0 Å². The summed E-state index contributed by atoms with van der Waals surface area (Å²) in [6, 6.07) is 0. The van der Waals surface area contributed by atoms with Gasteiger partial charge < -0.3 is 9.31 Å². The van der Waals surface area contributed by atoms with Crippen LogP contribution in [0.3, 0.4) is 0 Å². The van der Waals surface area contributed by atoms with Crippen LogP contribution in [0.1, 0.15) is 34.6 Å². The number of alkyl halides is 2. The molecule has 1 N–H and O–H groups in total. The highest BCUT2D eigenvalue weighted by Crippen LogP contribution is 2.36. The lowest BCUT2D eigenvalue weighted by Gasteiger charge is -2.32. The van der Waals surface area contributed by atoms with Gasteiger partial charge in [0.05, 0.1) is 22.9 Å². The molecule has 7 heteroatoms. The highest BCUT2D eigenvalue weighted by Gasteiger charge is 2.52. The number of halogens is 2. The zero-order valence-electron chi connectivity index (χ0n) is 12.0. The average molecular weight is 273 g/mol. The maximum Gasteiger partial charge on any atom is 0.502 e. The average Bonchev–Trinajstić information content (AvgIpc) is 2.68. The minimum absolute atomic E-state index is 0.396. The van der Waals surface area contributed by atoms with Crippen molar-refractivity contribution in [3.05, 3.63) is 12.4 Å². The SMILES string of the molecule is CC(F)(F)C[n+]1cc(B2OC(C)(C)C(C)(C)O2)c[nH]1. The smallest absolute Gasteiger partial charge is 0.399 e. The van der Waals surface area contributed by atoms with Crippen LogP contribution in [0.4, 0.5) is 8.78 Å². The van der Waals surface area contributed by atoms with Gasteiger partial charge in [0, 0.05) is 6.92 Å². The van der Waals surface area contributed by atoms with Gasteiger partial charge in [-0.3, -0.25) is 0 Å². The standard InChI is InChI=1S/C12H19BF2N2O2/c1-10(2)11(3,4)19-13(18-10)9-6-16-17(7-9)8-12(5,14)15/h6-7H,8H2,1-5H3/p+1. The van der Waals surface area contributed by atoms with Gasteiger partial charge in [0.1, 0.15) is 0 Å². The molecule has 0 aromatic carbocycles. The Morgan fingerprint density at radius 1 is 1.26 bits per heavy atom. The highest BCUT2D eigenvalue weighted by molar-refractivity contribution is 6.61. The van der Waals surface area contributed by atoms with E-state index in [2.05, 4.69) is 5.10 Å². The molecule has 1 aromatic heterocycles. The van der Waals surface area contributed by atoms with Crippen LogP contribution in [-0.2, 0) is 15.9 Å². The Balaban J connectivity index is 2.13. The molecule has 106 valence electrons. The molecule has 1 aliphatic rings. The van der Waals surface area contributed by atoms with Crippen LogP contribution in [0.15, 0.2) is 12.4 Å². The van der Waals surface area contributed by atoms with Gasteiger partial charge in [-0.05, 0) is 27.7 Å². The van der Waals surface area contributed by atoms with Crippen LogP contribution in [0.25, 0.3) is 0 Å². The predicted octanol–water partition coefficient (Wildman–Crippen LogP) is 1.26. The van der Waals surface area contributed by atoms with Crippen LogP contribution in [-0.4, -0.2) is 29.3 Å². The molecular formula is C12H20BF2N2O2+. The van der Waals surface area contributed by atoms with E-state index in [1.165, 1.54) is 4.68 Å². The lowest BCUT2D eigenvalue weighted by atomic mass is 9.82. The molecule has 2 heterocycles. The summed E-state index contributed by atoms with van der Waals surface area (Å²) in [5.74, 6) is -2.76. The molecular weight excluding hydrogens is 253 g/mol. The number of aromatic amines is 1. The highest BCUT2D eigenvalue weighted by atomic mass is 19.3. The molecule has 0 unspecified atom stereocenters. The van der Waals surface area contributed by atoms with E-state index in [1.54, 1.807) is 12.4 Å². The fourth-order valence-electron chi connectivity index (χ4n) is 1.91. The Morgan fingerprint density at radius 2 is 1.79 bits per heavy atom. The van der Waals surface area contributed by atoms with Gasteiger partial charge in [0.15, 0.2) is 6.20 Å². The van der Waals surface area contributed by atoms with E-state index >= 15 is 0 Å². The molecule has 1 aromatic rings. The van der Waals surface area contributed by atoms with Crippen LogP contribution in [0.5, 0.6) is 0 Å². The molecule has 1 saturated heterocycles. The second kappa shape index (κ2) is 4.28. The van der Waals surface area contributed by atoms with Crippen molar-refractivity contribution in [2.75, 3.05) is 0 Å². The lowest BCUT2D eigenvalue weighted by Crippen LogP contribution is -2.44. The minimum Gasteiger partial charge on any atom is -0.399 e. The number of aromatic nitrogens is 2. The van der Waals surface area contributed by atoms with E-state index in [1.807, 2.05) is 27.7 Å². The minimum atomic E-state index is -2.76. The Morgan fingerprint density at radius 3 is 2.26 bits per heavy atom. The number of hydrogen-bond donors (Lipinski definition) is 1. The van der Waals surface area contributed by atoms with Crippen molar-refractivity contribution in [2.24, 2.45) is 0 Å². The first-order valence-electron chi connectivity index (χ1n) is 6.31. The Hall–Kier alpha value is -0.945. The summed E-state index contributed by atoms with van der Waals surface area (Å²) in [5, 5.41) is 2.77. The first kappa shape index (κ1) is 14.5. The fraction of sp³-hybridized carbons (Fsp3) is 0.750. The second-order valence-electron chi connectivity index (χ2n) is 6.19. The van der Waals surface area contributed by atoms with Crippen molar-refractivity contribution in [1.29, 1.82) is 0 Å². The summed E-state index contributed by atoms with van der Waals surface area (Å²) in [4.78, 5) is 0. The van der Waals surface area contributed by atoms with E-state index in [9.17, 15) is 8.78 Å². The quantitative estimate of drug-likeness (QED) is 0.665. The number of hydrogen-bond acceptors (Lipinski definition) is 2. The summed E-state index contributed by atoms with van der Waals surface area (Å²) >= 11 is 0. The Kier molecular flexibility index (Phi) is 3.26. The molecule has 0 saturated carbocycles. The van der Waals surface area contributed by atoms with Gasteiger partial charge in [-0.1, -0.05) is 0 Å². The molecule has 4 nitrogen and oxygen atoms in total. The van der Waals surface area contributed by atoms with Gasteiger partial charge >= 0.3 is 13.0 Å². The zero-order valence-corrected chi connectivity index (χ0v) is 12.0. The first-order valence-corrected chi connectivity index (χ1v) is 6.31. The molecule has 19 heavy (non-hydrogen) atoms. The maximum absolute atomic E-state index is 12.9. The predicted molar refractivity (Wildman–Crippen MR) is 67.3 cm³/mol. The molecule has 2 rings (SSSR count). The maximum atomic E-state index is 12.9. The van der Waals surface area contributed by atoms with Crippen LogP contribution in [0, 0.1) is 0 Å². The van der Waals surface area contributed by atoms with Crippen LogP contribution in [0.2, 0.25) is 0 Å². The van der Waals surface area contributed by atoms with Gasteiger partial charge in [-0.2, -0.15) is 13.9 Å². The van der Waals surface area contributed by atoms with Crippen molar-refractivity contribution < 1.29 is 22.8 Å². The number of rotatable bonds is 3. The summed E-state index contributed by atoms with van der Waals surface area (Å²) in [5.41, 5.74) is -0.161. The molecule has 0 aliphatic carbocycles. The normalized spacial score (nSPS) is 21.9. The van der Waals surface area contributed by atoms with Crippen molar-refractivity contribution >= 4 is 12.6 Å². The van der Waals surface area contributed by atoms with E-state index < -0.39 is 30.8 Å². The lowest BCUT2D eigenvalue weighted by molar-refractivity contribution is -0.762. The molecule has 0 radical (unpaired) electrons. The third-order valence-corrected chi connectivity index (χ3v) is 3.68. The van der Waals surface area contributed by atoms with Crippen molar-refractivity contribution in [1.82, 2.24) is 5.10 Å². The monoisotopic (exact) mass is 273 g/mol. The summed E-state index contributed by atoms with van der Waals surface area (Å²) in [6.45, 7) is 8.30. The fourth-order valence-corrected chi connectivity index (χ4v) is 1.91. The summed E-state index contributed by atoms with van der Waals surface area (Å²) in [6.07, 6.45) is 3.23. The largest absolute Gasteiger partial charge is 0.502 e. The molecule has 0 atom stereocenters. The number of nitrogens with one attached hydrogen (secondary N) is 1. The number of H-pyrrole nitrogens is 1. The van der Waals surface area contributed by atoms with E-state index in [-0.39, 0.29) is 0 Å². The van der Waals surface area contributed by atoms with Gasteiger partial charge in [0.25, 0.3) is 0 Å². The third kappa shape index (κ3) is 2.97. The van der Waals surface area contributed by atoms with Crippen molar-refractivity contribution in [2.45, 2.75) is 58.3 Å². The van der Waals surface area contributed by atoms with Gasteiger partial charge in [-0.15, -0.1) is 4.68 Å². The Labute approximate surface area is 112 Å².